The van der Waals surface area contributed by atoms with Crippen molar-refractivity contribution in [2.75, 3.05) is 53.3 Å². The molecule has 3 N–H and O–H groups in total. The fraction of sp³-hybridized carbons (Fsp3) is 0.395. The predicted octanol–water partition coefficient (Wildman–Crippen LogP) is 5.78. The second kappa shape index (κ2) is 16.1. The zero-order valence-corrected chi connectivity index (χ0v) is 31.5. The molecule has 1 fully saturated rings. The van der Waals surface area contributed by atoms with Gasteiger partial charge in [-0.25, -0.2) is 0 Å². The number of aliphatic hydroxyl groups is 1. The van der Waals surface area contributed by atoms with Crippen LogP contribution in [0.3, 0.4) is 0 Å². The first-order valence-corrected chi connectivity index (χ1v) is 18.2. The van der Waals surface area contributed by atoms with Crippen LogP contribution in [0.15, 0.2) is 103 Å². The molecule has 53 heavy (non-hydrogen) atoms. The summed E-state index contributed by atoms with van der Waals surface area (Å²) >= 11 is 0. The molecular weight excluding hydrogens is 668 g/mol. The number of rotatable bonds is 8. The Labute approximate surface area is 313 Å². The number of benzene rings is 3. The molecule has 0 radical (unpaired) electrons. The molecule has 8 rings (SSSR count). The van der Waals surface area contributed by atoms with E-state index in [1.807, 2.05) is 68.8 Å². The van der Waals surface area contributed by atoms with Crippen LogP contribution in [-0.4, -0.2) is 97.1 Å². The van der Waals surface area contributed by atoms with Crippen LogP contribution in [0.4, 0.5) is 5.69 Å². The number of phenolic OH excluding ortho intramolecular Hbond substituents is 1. The van der Waals surface area contributed by atoms with Crippen LogP contribution in [0.25, 0.3) is 0 Å². The highest BCUT2D eigenvalue weighted by atomic mass is 16.5. The van der Waals surface area contributed by atoms with Gasteiger partial charge in [-0.2, -0.15) is 0 Å². The van der Waals surface area contributed by atoms with Gasteiger partial charge in [-0.15, -0.1) is 0 Å². The Morgan fingerprint density at radius 2 is 1.79 bits per heavy atom. The molecular formula is C43H52N4O6. The number of piperidine rings is 1. The predicted molar refractivity (Wildman–Crippen MR) is 207 cm³/mol. The number of amides is 1. The Hall–Kier alpha value is -4.74. The van der Waals surface area contributed by atoms with Gasteiger partial charge < -0.3 is 39.5 Å². The van der Waals surface area contributed by atoms with E-state index in [9.17, 15) is 9.90 Å². The molecule has 1 amide bonds. The van der Waals surface area contributed by atoms with Crippen molar-refractivity contribution in [1.29, 1.82) is 0 Å². The molecule has 3 heterocycles. The van der Waals surface area contributed by atoms with Crippen LogP contribution in [0.5, 0.6) is 17.2 Å². The van der Waals surface area contributed by atoms with E-state index in [0.717, 1.165) is 48.7 Å². The lowest BCUT2D eigenvalue weighted by Crippen LogP contribution is -2.64. The number of hydrogen-bond donors (Lipinski definition) is 3. The third kappa shape index (κ3) is 7.68. The van der Waals surface area contributed by atoms with Gasteiger partial charge in [0.25, 0.3) is 0 Å². The lowest BCUT2D eigenvalue weighted by molar-refractivity contribution is -0.114. The summed E-state index contributed by atoms with van der Waals surface area (Å²) in [6.45, 7) is 6.12. The van der Waals surface area contributed by atoms with Gasteiger partial charge in [-0.1, -0.05) is 54.6 Å². The first-order valence-electron chi connectivity index (χ1n) is 18.2. The summed E-state index contributed by atoms with van der Waals surface area (Å²) in [4.78, 5) is 19.6. The average Bonchev–Trinajstić information content (AvgIpc) is 3.52. The molecule has 6 atom stereocenters. The smallest absolute Gasteiger partial charge is 0.221 e. The van der Waals surface area contributed by atoms with Gasteiger partial charge in [0.2, 0.25) is 5.91 Å². The minimum absolute atomic E-state index is 0.0806. The van der Waals surface area contributed by atoms with Crippen molar-refractivity contribution < 1.29 is 29.2 Å². The summed E-state index contributed by atoms with van der Waals surface area (Å²) in [7, 11) is 8.00. The zero-order valence-electron chi connectivity index (χ0n) is 31.5. The molecule has 1 aromatic heterocycles. The normalized spacial score (nSPS) is 24.3. The second-order valence-corrected chi connectivity index (χ2v) is 14.6. The third-order valence-electron chi connectivity index (χ3n) is 10.9. The largest absolute Gasteiger partial charge is 0.508 e. The van der Waals surface area contributed by atoms with Crippen LogP contribution < -0.4 is 14.8 Å². The zero-order chi connectivity index (χ0) is 37.8. The molecule has 10 nitrogen and oxygen atoms in total. The Morgan fingerprint density at radius 1 is 1.06 bits per heavy atom. The summed E-state index contributed by atoms with van der Waals surface area (Å²) in [5.41, 5.74) is 4.84. The minimum Gasteiger partial charge on any atom is -0.508 e. The van der Waals surface area contributed by atoms with E-state index < -0.39 is 11.7 Å². The number of likely N-dealkylation sites (N-methyl/N-ethyl adjacent to an activating group) is 2. The van der Waals surface area contributed by atoms with Crippen LogP contribution in [-0.2, 0) is 27.0 Å². The van der Waals surface area contributed by atoms with Gasteiger partial charge in [0, 0.05) is 48.3 Å². The first-order chi connectivity index (χ1) is 25.5. The average molecular weight is 721 g/mol. The fourth-order valence-electron chi connectivity index (χ4n) is 8.28. The van der Waals surface area contributed by atoms with E-state index in [4.69, 9.17) is 19.3 Å². The van der Waals surface area contributed by atoms with Gasteiger partial charge in [0.1, 0.15) is 23.6 Å². The third-order valence-corrected chi connectivity index (χ3v) is 10.9. The summed E-state index contributed by atoms with van der Waals surface area (Å²) in [5, 5.41) is 22.0. The van der Waals surface area contributed by atoms with Crippen LogP contribution >= 0.6 is 0 Å². The number of phenols is 1. The number of aliphatic hydroxyl groups excluding tert-OH is 1. The molecule has 1 saturated heterocycles. The number of aromatic hydroxyl groups is 1. The molecule has 2 aliphatic heterocycles. The number of likely N-dealkylation sites (tertiary alicyclic amines) is 1. The van der Waals surface area contributed by atoms with Crippen molar-refractivity contribution in [3.63, 3.8) is 0 Å². The van der Waals surface area contributed by atoms with Crippen LogP contribution in [0, 0.1) is 5.92 Å². The quantitative estimate of drug-likeness (QED) is 0.154. The Kier molecular flexibility index (Phi) is 11.5. The van der Waals surface area contributed by atoms with E-state index in [0.29, 0.717) is 24.3 Å². The number of anilines is 1. The number of carbonyl (C=O) groups excluding carboxylic acids is 1. The van der Waals surface area contributed by atoms with Crippen molar-refractivity contribution >= 4 is 11.6 Å². The first kappa shape index (κ1) is 38.0. The second-order valence-electron chi connectivity index (χ2n) is 14.6. The van der Waals surface area contributed by atoms with Crippen molar-refractivity contribution in [3.8, 4) is 17.2 Å². The van der Waals surface area contributed by atoms with Gasteiger partial charge in [0.15, 0.2) is 11.5 Å². The standard InChI is InChI=1S/C18H21NO3.C17H22N2O.C8H9NO2/c1-19-8-7-18-11-4-5-13(20)17(18)22-16-14(21-2)6-3-10(15(16)18)9-12(11)19;1-17(20-14-13-19(2)3,15-9-5-4-6-10-15)16-11-7-8-12-18-16;1-6(10)9-7-2-4-8(11)5-3-7/h3-6,11-13,17,20H,7-9H2,1-2H3;4-12H,13-14H2,1-3H3;2-5,11H,1H3,(H,9,10)/t11-,12+,13-,17-,18-;;/m0../s1. The lowest BCUT2D eigenvalue weighted by atomic mass is 9.53. The number of hydrogen-bond acceptors (Lipinski definition) is 9. The molecule has 10 heteroatoms. The molecule has 1 unspecified atom stereocenters. The number of aromatic nitrogens is 1. The molecule has 280 valence electrons. The number of pyridine rings is 1. The maximum Gasteiger partial charge on any atom is 0.221 e. The maximum absolute atomic E-state index is 10.6. The molecule has 4 aliphatic rings. The monoisotopic (exact) mass is 720 g/mol. The molecule has 2 aliphatic carbocycles. The van der Waals surface area contributed by atoms with Crippen molar-refractivity contribution in [3.05, 3.63) is 126 Å². The van der Waals surface area contributed by atoms with Crippen LogP contribution in [0.1, 0.15) is 42.7 Å². The van der Waals surface area contributed by atoms with Gasteiger partial charge in [0.05, 0.1) is 19.4 Å². The maximum atomic E-state index is 10.6. The minimum atomic E-state index is -0.539. The molecule has 1 spiro atoms. The number of ether oxygens (including phenoxy) is 3. The highest BCUT2D eigenvalue weighted by Gasteiger charge is 2.64. The summed E-state index contributed by atoms with van der Waals surface area (Å²) in [6.07, 6.45) is 7.35. The Bertz CT molecular complexity index is 1830. The summed E-state index contributed by atoms with van der Waals surface area (Å²) in [5.74, 6) is 2.17. The molecule has 2 bridgehead atoms. The summed E-state index contributed by atoms with van der Waals surface area (Å²) < 4.78 is 18.0. The highest BCUT2D eigenvalue weighted by molar-refractivity contribution is 5.88. The molecule has 4 aromatic rings. The number of methoxy groups -OCH3 is 1. The lowest BCUT2D eigenvalue weighted by Gasteiger charge is -2.56. The highest BCUT2D eigenvalue weighted by Crippen LogP contribution is 2.62. The van der Waals surface area contributed by atoms with E-state index in [1.165, 1.54) is 30.2 Å². The summed E-state index contributed by atoms with van der Waals surface area (Å²) in [6, 6.07) is 27.2. The van der Waals surface area contributed by atoms with Crippen LogP contribution in [0.2, 0.25) is 0 Å². The van der Waals surface area contributed by atoms with E-state index >= 15 is 0 Å². The molecule has 0 saturated carbocycles. The SMILES string of the molecule is CC(=O)Nc1ccc(O)cc1.CN(C)CCOC(C)(c1ccccc1)c1ccccn1.COc1ccc2c3c1O[C@H]1[C@@H](O)C=C[C@H]4[C@@H](C2)N(C)CC[C@@]341. The number of nitrogens with zero attached hydrogens (tertiary/aromatic N) is 3. The van der Waals surface area contributed by atoms with Gasteiger partial charge >= 0.3 is 0 Å². The topological polar surface area (TPSA) is 117 Å². The van der Waals surface area contributed by atoms with Crippen molar-refractivity contribution in [2.24, 2.45) is 5.92 Å². The Morgan fingerprint density at radius 3 is 2.45 bits per heavy atom. The van der Waals surface area contributed by atoms with Crippen molar-refractivity contribution in [2.45, 2.75) is 56.0 Å². The van der Waals surface area contributed by atoms with Crippen molar-refractivity contribution in [1.82, 2.24) is 14.8 Å². The van der Waals surface area contributed by atoms with E-state index in [1.54, 1.807) is 19.2 Å². The van der Waals surface area contributed by atoms with Gasteiger partial charge in [-0.05, 0) is 101 Å². The number of carbonyl (C=O) groups is 1. The molecule has 3 aromatic carbocycles. The van der Waals surface area contributed by atoms with E-state index in [2.05, 4.69) is 58.3 Å². The number of nitrogens with one attached hydrogen (secondary N) is 1. The fourth-order valence-corrected chi connectivity index (χ4v) is 8.28. The van der Waals surface area contributed by atoms with E-state index in [-0.39, 0.29) is 23.2 Å². The van der Waals surface area contributed by atoms with Gasteiger partial charge in [-0.3, -0.25) is 9.78 Å². The Balaban J connectivity index is 0.000000144.